The molecule has 0 spiro atoms. The minimum atomic E-state index is -0.310. The van der Waals surface area contributed by atoms with Gasteiger partial charge in [0, 0.05) is 23.0 Å². The molecule has 0 aromatic heterocycles. The molecular weight excluding hydrogens is 235 g/mol. The zero-order valence-electron chi connectivity index (χ0n) is 9.79. The largest absolute Gasteiger partial charge is 0.381 e. The second-order valence-corrected chi connectivity index (χ2v) is 5.45. The van der Waals surface area contributed by atoms with Crippen molar-refractivity contribution >= 4 is 17.4 Å². The molecule has 1 heterocycles. The van der Waals surface area contributed by atoms with E-state index in [4.69, 9.17) is 5.26 Å². The number of benzene rings is 1. The summed E-state index contributed by atoms with van der Waals surface area (Å²) < 4.78 is 13.6. The molecule has 0 bridgehead atoms. The first-order valence-electron chi connectivity index (χ1n) is 5.75. The first-order chi connectivity index (χ1) is 8.20. The van der Waals surface area contributed by atoms with Crippen LogP contribution >= 0.6 is 11.8 Å². The summed E-state index contributed by atoms with van der Waals surface area (Å²) in [5.74, 6) is 1.96. The van der Waals surface area contributed by atoms with Gasteiger partial charge in [0.2, 0.25) is 0 Å². The molecule has 1 aliphatic rings. The summed E-state index contributed by atoms with van der Waals surface area (Å²) in [6.45, 7) is 1.74. The highest BCUT2D eigenvalue weighted by Gasteiger charge is 2.15. The van der Waals surface area contributed by atoms with Crippen LogP contribution in [0.4, 0.5) is 10.1 Å². The Bertz CT molecular complexity index is 447. The molecule has 1 unspecified atom stereocenters. The van der Waals surface area contributed by atoms with E-state index < -0.39 is 0 Å². The van der Waals surface area contributed by atoms with E-state index in [1.165, 1.54) is 18.2 Å². The lowest BCUT2D eigenvalue weighted by atomic mass is 10.1. The molecule has 1 aromatic rings. The average molecular weight is 250 g/mol. The van der Waals surface area contributed by atoms with Crippen LogP contribution in [0, 0.1) is 24.1 Å². The van der Waals surface area contributed by atoms with Crippen molar-refractivity contribution in [3.63, 3.8) is 0 Å². The van der Waals surface area contributed by atoms with Gasteiger partial charge in [0.05, 0.1) is 11.6 Å². The maximum Gasteiger partial charge on any atom is 0.129 e. The molecule has 0 aliphatic carbocycles. The first-order valence-corrected chi connectivity index (χ1v) is 6.90. The van der Waals surface area contributed by atoms with Crippen LogP contribution in [-0.2, 0) is 0 Å². The monoisotopic (exact) mass is 250 g/mol. The van der Waals surface area contributed by atoms with Crippen molar-refractivity contribution < 1.29 is 4.39 Å². The highest BCUT2D eigenvalue weighted by atomic mass is 32.2. The zero-order chi connectivity index (χ0) is 12.3. The van der Waals surface area contributed by atoms with Gasteiger partial charge in [0.25, 0.3) is 0 Å². The third-order valence-corrected chi connectivity index (χ3v) is 4.21. The Kier molecular flexibility index (Phi) is 3.90. The van der Waals surface area contributed by atoms with Crippen molar-refractivity contribution in [2.24, 2.45) is 0 Å². The smallest absolute Gasteiger partial charge is 0.129 e. The first kappa shape index (κ1) is 12.3. The van der Waals surface area contributed by atoms with Gasteiger partial charge in [0.15, 0.2) is 0 Å². The van der Waals surface area contributed by atoms with Crippen LogP contribution in [-0.4, -0.2) is 17.5 Å². The molecule has 0 radical (unpaired) electrons. The predicted molar refractivity (Wildman–Crippen MR) is 69.8 cm³/mol. The third kappa shape index (κ3) is 2.92. The molecule has 1 N–H and O–H groups in total. The number of hydrogen-bond donors (Lipinski definition) is 1. The summed E-state index contributed by atoms with van der Waals surface area (Å²) >= 11 is 1.92. The lowest BCUT2D eigenvalue weighted by Gasteiger charge is -2.24. The Morgan fingerprint density at radius 3 is 3.00 bits per heavy atom. The molecule has 0 amide bonds. The van der Waals surface area contributed by atoms with Crippen molar-refractivity contribution in [3.8, 4) is 6.07 Å². The van der Waals surface area contributed by atoms with Crippen molar-refractivity contribution in [2.45, 2.75) is 25.8 Å². The number of anilines is 1. The minimum Gasteiger partial charge on any atom is -0.381 e. The fraction of sp³-hybridized carbons (Fsp3) is 0.462. The van der Waals surface area contributed by atoms with Gasteiger partial charge in [-0.15, -0.1) is 0 Å². The Balaban J connectivity index is 2.19. The summed E-state index contributed by atoms with van der Waals surface area (Å²) in [4.78, 5) is 0. The van der Waals surface area contributed by atoms with Gasteiger partial charge < -0.3 is 5.32 Å². The third-order valence-electron chi connectivity index (χ3n) is 2.99. The number of rotatable bonds is 2. The molecule has 1 saturated heterocycles. The van der Waals surface area contributed by atoms with Gasteiger partial charge in [-0.3, -0.25) is 0 Å². The highest BCUT2D eigenvalue weighted by Crippen LogP contribution is 2.25. The van der Waals surface area contributed by atoms with Crippen LogP contribution in [0.3, 0.4) is 0 Å². The maximum absolute atomic E-state index is 13.6. The van der Waals surface area contributed by atoms with Gasteiger partial charge in [-0.2, -0.15) is 17.0 Å². The van der Waals surface area contributed by atoms with E-state index in [1.54, 1.807) is 13.0 Å². The average Bonchev–Trinajstić information content (AvgIpc) is 2.36. The fourth-order valence-electron chi connectivity index (χ4n) is 1.97. The van der Waals surface area contributed by atoms with Crippen molar-refractivity contribution in [1.29, 1.82) is 5.26 Å². The summed E-state index contributed by atoms with van der Waals surface area (Å²) in [6.07, 6.45) is 2.31. The minimum absolute atomic E-state index is 0.310. The lowest BCUT2D eigenvalue weighted by molar-refractivity contribution is 0.617. The Hall–Kier alpha value is -1.21. The number of thioether (sulfide) groups is 1. The van der Waals surface area contributed by atoms with Crippen LogP contribution in [0.2, 0.25) is 0 Å². The molecule has 2 nitrogen and oxygen atoms in total. The highest BCUT2D eigenvalue weighted by molar-refractivity contribution is 7.99. The number of nitrogens with zero attached hydrogens (tertiary/aromatic N) is 1. The van der Waals surface area contributed by atoms with Crippen molar-refractivity contribution in [3.05, 3.63) is 29.1 Å². The molecule has 1 atom stereocenters. The molecule has 17 heavy (non-hydrogen) atoms. The molecule has 4 heteroatoms. The second kappa shape index (κ2) is 5.42. The van der Waals surface area contributed by atoms with E-state index >= 15 is 0 Å². The van der Waals surface area contributed by atoms with Crippen LogP contribution in [0.5, 0.6) is 0 Å². The van der Waals surface area contributed by atoms with Crippen molar-refractivity contribution in [1.82, 2.24) is 0 Å². The Morgan fingerprint density at radius 1 is 1.53 bits per heavy atom. The summed E-state index contributed by atoms with van der Waals surface area (Å²) in [7, 11) is 0. The molecule has 1 aromatic carbocycles. The Labute approximate surface area is 105 Å². The van der Waals surface area contributed by atoms with E-state index in [9.17, 15) is 4.39 Å². The standard InChI is InChI=1S/C13H15FN2S/c1-9-12(14)5-10(7-15)6-13(9)16-11-3-2-4-17-8-11/h5-6,11,16H,2-4,8H2,1H3. The van der Waals surface area contributed by atoms with E-state index in [2.05, 4.69) is 5.32 Å². The number of nitriles is 1. The number of hydrogen-bond acceptors (Lipinski definition) is 3. The SMILES string of the molecule is Cc1c(F)cc(C#N)cc1NC1CCCSC1. The molecule has 1 aliphatic heterocycles. The summed E-state index contributed by atoms with van der Waals surface area (Å²) in [5.41, 5.74) is 1.73. The molecular formula is C13H15FN2S. The number of halogens is 1. The summed E-state index contributed by atoms with van der Waals surface area (Å²) in [6, 6.07) is 5.40. The van der Waals surface area contributed by atoms with Crippen LogP contribution in [0.25, 0.3) is 0 Å². The topological polar surface area (TPSA) is 35.8 Å². The van der Waals surface area contributed by atoms with Gasteiger partial charge in [-0.05, 0) is 37.7 Å². The summed E-state index contributed by atoms with van der Waals surface area (Å²) in [5, 5.41) is 12.2. The fourth-order valence-corrected chi connectivity index (χ4v) is 3.04. The van der Waals surface area contributed by atoms with Crippen LogP contribution in [0.15, 0.2) is 12.1 Å². The molecule has 90 valence electrons. The normalized spacial score (nSPS) is 19.7. The molecule has 0 saturated carbocycles. The lowest BCUT2D eigenvalue weighted by Crippen LogP contribution is -2.26. The van der Waals surface area contributed by atoms with Crippen LogP contribution in [0.1, 0.15) is 24.0 Å². The van der Waals surface area contributed by atoms with Gasteiger partial charge in [-0.25, -0.2) is 4.39 Å². The molecule has 2 rings (SSSR count). The number of nitrogens with one attached hydrogen (secondary N) is 1. The van der Waals surface area contributed by atoms with E-state index in [1.807, 2.05) is 17.8 Å². The maximum atomic E-state index is 13.6. The predicted octanol–water partition coefficient (Wildman–Crippen LogP) is 3.31. The zero-order valence-corrected chi connectivity index (χ0v) is 10.6. The van der Waals surface area contributed by atoms with E-state index in [-0.39, 0.29) is 5.82 Å². The second-order valence-electron chi connectivity index (χ2n) is 4.30. The van der Waals surface area contributed by atoms with E-state index in [0.29, 0.717) is 17.2 Å². The van der Waals surface area contributed by atoms with Gasteiger partial charge in [0.1, 0.15) is 5.82 Å². The van der Waals surface area contributed by atoms with Gasteiger partial charge in [-0.1, -0.05) is 0 Å². The van der Waals surface area contributed by atoms with Crippen molar-refractivity contribution in [2.75, 3.05) is 16.8 Å². The van der Waals surface area contributed by atoms with Gasteiger partial charge >= 0.3 is 0 Å². The Morgan fingerprint density at radius 2 is 2.35 bits per heavy atom. The quantitative estimate of drug-likeness (QED) is 0.874. The van der Waals surface area contributed by atoms with E-state index in [0.717, 1.165) is 17.9 Å². The molecule has 1 fully saturated rings. The van der Waals surface area contributed by atoms with Crippen LogP contribution < -0.4 is 5.32 Å².